The van der Waals surface area contributed by atoms with Crippen LogP contribution in [-0.2, 0) is 4.79 Å². The first kappa shape index (κ1) is 39.6. The van der Waals surface area contributed by atoms with Crippen LogP contribution in [0.3, 0.4) is 0 Å². The zero-order chi connectivity index (χ0) is 30.8. The summed E-state index contributed by atoms with van der Waals surface area (Å²) in [5.74, 6) is -0.0686. The Morgan fingerprint density at radius 1 is 0.595 bits per heavy atom. The smallest absolute Gasteiger partial charge is 0.220 e. The van der Waals surface area contributed by atoms with Gasteiger partial charge in [0.15, 0.2) is 0 Å². The van der Waals surface area contributed by atoms with E-state index in [0.717, 1.165) is 89.9 Å². The van der Waals surface area contributed by atoms with Gasteiger partial charge in [-0.3, -0.25) is 4.79 Å². The van der Waals surface area contributed by atoms with E-state index in [0.29, 0.717) is 12.8 Å². The van der Waals surface area contributed by atoms with Gasteiger partial charge in [-0.15, -0.1) is 0 Å². The van der Waals surface area contributed by atoms with E-state index < -0.39 is 12.1 Å². The van der Waals surface area contributed by atoms with Crippen molar-refractivity contribution in [3.63, 3.8) is 0 Å². The van der Waals surface area contributed by atoms with Crippen molar-refractivity contribution in [1.29, 1.82) is 0 Å². The molecule has 4 nitrogen and oxygen atoms in total. The molecule has 0 aromatic heterocycles. The molecule has 0 saturated carbocycles. The minimum Gasteiger partial charge on any atom is -0.394 e. The SMILES string of the molecule is CC/C=C\C/C=C\C/C=C\C/C=C\C/C=C\C/C=C\C/C=C\CCCCCCCC(=O)NC(CO)C(O)CCCCC. The number of aliphatic hydroxyl groups is 2. The fourth-order valence-corrected chi connectivity index (χ4v) is 4.34. The van der Waals surface area contributed by atoms with E-state index in [1.807, 2.05) is 0 Å². The molecule has 0 saturated heterocycles. The third-order valence-electron chi connectivity index (χ3n) is 6.92. The van der Waals surface area contributed by atoms with Gasteiger partial charge in [-0.25, -0.2) is 0 Å². The molecule has 2 atom stereocenters. The Balaban J connectivity index is 3.63. The van der Waals surface area contributed by atoms with Crippen LogP contribution in [0.25, 0.3) is 0 Å². The van der Waals surface area contributed by atoms with Gasteiger partial charge in [0.25, 0.3) is 0 Å². The number of hydrogen-bond acceptors (Lipinski definition) is 3. The van der Waals surface area contributed by atoms with E-state index in [-0.39, 0.29) is 12.5 Å². The van der Waals surface area contributed by atoms with Gasteiger partial charge in [0.05, 0.1) is 18.8 Å². The van der Waals surface area contributed by atoms with Crippen molar-refractivity contribution in [2.24, 2.45) is 0 Å². The van der Waals surface area contributed by atoms with Gasteiger partial charge in [0.1, 0.15) is 0 Å². The molecular weight excluding hydrogens is 518 g/mol. The number of aliphatic hydroxyl groups excluding tert-OH is 2. The van der Waals surface area contributed by atoms with Crippen molar-refractivity contribution in [2.45, 2.75) is 142 Å². The summed E-state index contributed by atoms with van der Waals surface area (Å²) in [6.07, 6.45) is 48.3. The van der Waals surface area contributed by atoms with Gasteiger partial charge in [-0.05, 0) is 70.6 Å². The summed E-state index contributed by atoms with van der Waals surface area (Å²) in [4.78, 5) is 12.1. The highest BCUT2D eigenvalue weighted by molar-refractivity contribution is 5.76. The monoisotopic (exact) mass is 581 g/mol. The van der Waals surface area contributed by atoms with Crippen molar-refractivity contribution >= 4 is 5.91 Å². The third kappa shape index (κ3) is 29.1. The molecule has 0 spiro atoms. The summed E-state index contributed by atoms with van der Waals surface area (Å²) >= 11 is 0. The maximum atomic E-state index is 12.1. The lowest BCUT2D eigenvalue weighted by Crippen LogP contribution is -2.45. The summed E-state index contributed by atoms with van der Waals surface area (Å²) in [6.45, 7) is 4.06. The summed E-state index contributed by atoms with van der Waals surface area (Å²) < 4.78 is 0. The average molecular weight is 582 g/mol. The lowest BCUT2D eigenvalue weighted by Gasteiger charge is -2.22. The minimum atomic E-state index is -0.669. The molecule has 0 heterocycles. The highest BCUT2D eigenvalue weighted by Gasteiger charge is 2.19. The van der Waals surface area contributed by atoms with Crippen LogP contribution in [0.15, 0.2) is 85.1 Å². The second kappa shape index (κ2) is 33.1. The molecule has 1 amide bonds. The molecule has 0 aliphatic rings. The number of carbonyl (C=O) groups is 1. The van der Waals surface area contributed by atoms with Crippen LogP contribution in [0.1, 0.15) is 129 Å². The summed E-state index contributed by atoms with van der Waals surface area (Å²) in [7, 11) is 0. The second-order valence-electron chi connectivity index (χ2n) is 10.8. The maximum Gasteiger partial charge on any atom is 0.220 e. The molecule has 0 aliphatic heterocycles. The van der Waals surface area contributed by atoms with E-state index in [2.05, 4.69) is 104 Å². The Kier molecular flexibility index (Phi) is 31.2. The van der Waals surface area contributed by atoms with E-state index in [1.165, 1.54) is 12.8 Å². The molecular formula is C38H63NO3. The first-order chi connectivity index (χ1) is 20.7. The topological polar surface area (TPSA) is 69.6 Å². The van der Waals surface area contributed by atoms with Crippen molar-refractivity contribution in [1.82, 2.24) is 5.32 Å². The molecule has 3 N–H and O–H groups in total. The molecule has 0 radical (unpaired) electrons. The van der Waals surface area contributed by atoms with E-state index >= 15 is 0 Å². The molecule has 0 rings (SSSR count). The fourth-order valence-electron chi connectivity index (χ4n) is 4.34. The van der Waals surface area contributed by atoms with Gasteiger partial charge in [-0.2, -0.15) is 0 Å². The standard InChI is InChI=1S/C38H63NO3/c1-3-5-7-8-9-10-11-12-13-14-15-16-17-18-19-20-21-22-23-24-25-26-27-28-29-30-32-34-38(42)39-36(35-40)37(41)33-31-6-4-2/h5,7,9-10,12-13,15-16,18-19,21-22,24-25,36-37,40-41H,3-4,6,8,11,14,17,20,23,26-35H2,1-2H3,(H,39,42)/b7-5-,10-9-,13-12-,16-15-,19-18-,22-21-,25-24-. The number of nitrogens with one attached hydrogen (secondary N) is 1. The number of carbonyl (C=O) groups excluding carboxylic acids is 1. The van der Waals surface area contributed by atoms with Crippen LogP contribution < -0.4 is 5.32 Å². The van der Waals surface area contributed by atoms with Crippen molar-refractivity contribution < 1.29 is 15.0 Å². The Morgan fingerprint density at radius 2 is 1.05 bits per heavy atom. The lowest BCUT2D eigenvalue weighted by atomic mass is 10.0. The Morgan fingerprint density at radius 3 is 1.52 bits per heavy atom. The highest BCUT2D eigenvalue weighted by atomic mass is 16.3. The highest BCUT2D eigenvalue weighted by Crippen LogP contribution is 2.10. The Hall–Kier alpha value is -2.43. The molecule has 0 aromatic rings. The Bertz CT molecular complexity index is 803. The predicted octanol–water partition coefficient (Wildman–Crippen LogP) is 9.78. The normalized spacial score (nSPS) is 14.3. The molecule has 0 fully saturated rings. The molecule has 238 valence electrons. The van der Waals surface area contributed by atoms with Crippen LogP contribution >= 0.6 is 0 Å². The number of hydrogen-bond donors (Lipinski definition) is 3. The quantitative estimate of drug-likeness (QED) is 0.0636. The third-order valence-corrected chi connectivity index (χ3v) is 6.92. The first-order valence-electron chi connectivity index (χ1n) is 16.8. The molecule has 2 unspecified atom stereocenters. The van der Waals surface area contributed by atoms with E-state index in [9.17, 15) is 15.0 Å². The maximum absolute atomic E-state index is 12.1. The summed E-state index contributed by atoms with van der Waals surface area (Å²) in [6, 6.07) is -0.547. The minimum absolute atomic E-state index is 0.0686. The van der Waals surface area contributed by atoms with Crippen molar-refractivity contribution in [2.75, 3.05) is 6.61 Å². The zero-order valence-electron chi connectivity index (χ0n) is 27.0. The second-order valence-corrected chi connectivity index (χ2v) is 10.8. The van der Waals surface area contributed by atoms with Crippen LogP contribution in [0, 0.1) is 0 Å². The summed E-state index contributed by atoms with van der Waals surface area (Å²) in [5, 5.41) is 22.4. The molecule has 0 aromatic carbocycles. The van der Waals surface area contributed by atoms with Crippen LogP contribution in [0.2, 0.25) is 0 Å². The van der Waals surface area contributed by atoms with Crippen molar-refractivity contribution in [3.8, 4) is 0 Å². The van der Waals surface area contributed by atoms with Gasteiger partial charge in [0.2, 0.25) is 5.91 Å². The van der Waals surface area contributed by atoms with Gasteiger partial charge >= 0.3 is 0 Å². The van der Waals surface area contributed by atoms with Crippen LogP contribution in [0.5, 0.6) is 0 Å². The fraction of sp³-hybridized carbons (Fsp3) is 0.605. The van der Waals surface area contributed by atoms with Crippen LogP contribution in [-0.4, -0.2) is 34.9 Å². The molecule has 0 bridgehead atoms. The number of unbranched alkanes of at least 4 members (excludes halogenated alkanes) is 7. The largest absolute Gasteiger partial charge is 0.394 e. The Labute approximate surface area is 259 Å². The first-order valence-corrected chi connectivity index (χ1v) is 16.8. The van der Waals surface area contributed by atoms with Crippen molar-refractivity contribution in [3.05, 3.63) is 85.1 Å². The van der Waals surface area contributed by atoms with E-state index in [1.54, 1.807) is 0 Å². The number of allylic oxidation sites excluding steroid dienone is 14. The summed E-state index contributed by atoms with van der Waals surface area (Å²) in [5.41, 5.74) is 0. The van der Waals surface area contributed by atoms with E-state index in [4.69, 9.17) is 0 Å². The lowest BCUT2D eigenvalue weighted by molar-refractivity contribution is -0.123. The average Bonchev–Trinajstić information content (AvgIpc) is 2.99. The molecule has 4 heteroatoms. The molecule has 0 aliphatic carbocycles. The number of amides is 1. The van der Waals surface area contributed by atoms with Gasteiger partial charge in [0, 0.05) is 6.42 Å². The zero-order valence-corrected chi connectivity index (χ0v) is 27.0. The predicted molar refractivity (Wildman–Crippen MR) is 183 cm³/mol. The van der Waals surface area contributed by atoms with Crippen LogP contribution in [0.4, 0.5) is 0 Å². The van der Waals surface area contributed by atoms with Gasteiger partial charge < -0.3 is 15.5 Å². The van der Waals surface area contributed by atoms with Gasteiger partial charge in [-0.1, -0.05) is 137 Å². The molecule has 42 heavy (non-hydrogen) atoms. The number of rotatable bonds is 28.